The normalized spacial score (nSPS) is 17.7. The number of ether oxygens (including phenoxy) is 2. The van der Waals surface area contributed by atoms with E-state index in [4.69, 9.17) is 4.74 Å². The maximum Gasteiger partial charge on any atom is 0.417 e. The first-order chi connectivity index (χ1) is 22.0. The van der Waals surface area contributed by atoms with E-state index in [2.05, 4.69) is 41.9 Å². The summed E-state index contributed by atoms with van der Waals surface area (Å²) in [5.41, 5.74) is 0.160. The average Bonchev–Trinajstić information content (AvgIpc) is 3.42. The highest BCUT2D eigenvalue weighted by Gasteiger charge is 2.52. The third-order valence-electron chi connectivity index (χ3n) is 8.21. The van der Waals surface area contributed by atoms with E-state index in [1.165, 1.54) is 0 Å². The smallest absolute Gasteiger partial charge is 0.417 e. The largest absolute Gasteiger partial charge is 0.453 e. The number of alkyl halides is 3. The molecular weight excluding hydrogens is 611 g/mol. The monoisotopic (exact) mass is 643 g/mol. The second-order valence-electron chi connectivity index (χ2n) is 11.6. The molecule has 0 bridgehead atoms. The van der Waals surface area contributed by atoms with Crippen molar-refractivity contribution < 1.29 is 37.0 Å². The number of pyridine rings is 1. The molecule has 3 amide bonds. The first-order valence-electron chi connectivity index (χ1n) is 14.5. The van der Waals surface area contributed by atoms with Gasteiger partial charge in [-0.25, -0.2) is 19.3 Å². The SMILES string of the molecule is C=CC(=O)NCC(=O)N1CC2(CN(Cc3cc4c(N5CCOCC5)nc(-c5cnc(NC(=O)OC)cc5C(F)(F)F)nn4c3)C2)C1. The highest BCUT2D eigenvalue weighted by Crippen LogP contribution is 2.41. The Morgan fingerprint density at radius 1 is 1.15 bits per heavy atom. The molecular formula is C29H32F3N9O5. The fourth-order valence-electron chi connectivity index (χ4n) is 6.10. The summed E-state index contributed by atoms with van der Waals surface area (Å²) in [6, 6.07) is 2.66. The van der Waals surface area contributed by atoms with Gasteiger partial charge in [0.15, 0.2) is 11.6 Å². The second-order valence-corrected chi connectivity index (χ2v) is 11.6. The van der Waals surface area contributed by atoms with Crippen LogP contribution in [0.2, 0.25) is 0 Å². The van der Waals surface area contributed by atoms with Crippen molar-refractivity contribution >= 4 is 35.1 Å². The van der Waals surface area contributed by atoms with Gasteiger partial charge in [0.1, 0.15) is 11.3 Å². The highest BCUT2D eigenvalue weighted by atomic mass is 19.4. The number of aromatic nitrogens is 4. The Labute approximate surface area is 261 Å². The molecule has 3 aliphatic heterocycles. The van der Waals surface area contributed by atoms with Crippen LogP contribution in [-0.4, -0.2) is 113 Å². The lowest BCUT2D eigenvalue weighted by molar-refractivity contribution is -0.159. The number of hydrogen-bond donors (Lipinski definition) is 2. The molecule has 3 aromatic heterocycles. The van der Waals surface area contributed by atoms with Crippen LogP contribution in [0.25, 0.3) is 16.9 Å². The van der Waals surface area contributed by atoms with Gasteiger partial charge in [0.2, 0.25) is 11.8 Å². The Balaban J connectivity index is 1.22. The molecule has 244 valence electrons. The number of halogens is 3. The highest BCUT2D eigenvalue weighted by molar-refractivity contribution is 5.91. The van der Waals surface area contributed by atoms with Crippen LogP contribution >= 0.6 is 0 Å². The van der Waals surface area contributed by atoms with Crippen LogP contribution in [0.4, 0.5) is 29.6 Å². The Kier molecular flexibility index (Phi) is 8.28. The van der Waals surface area contributed by atoms with E-state index < -0.39 is 23.7 Å². The van der Waals surface area contributed by atoms with E-state index in [0.717, 1.165) is 44.1 Å². The van der Waals surface area contributed by atoms with E-state index >= 15 is 0 Å². The van der Waals surface area contributed by atoms with Gasteiger partial charge in [-0.1, -0.05) is 6.58 Å². The molecule has 0 unspecified atom stereocenters. The van der Waals surface area contributed by atoms with Gasteiger partial charge in [0.05, 0.1) is 38.0 Å². The van der Waals surface area contributed by atoms with Crippen molar-refractivity contribution in [3.8, 4) is 11.4 Å². The predicted octanol–water partition coefficient (Wildman–Crippen LogP) is 1.77. The summed E-state index contributed by atoms with van der Waals surface area (Å²) in [4.78, 5) is 49.8. The maximum atomic E-state index is 14.2. The molecule has 0 atom stereocenters. The Bertz CT molecular complexity index is 1670. The molecule has 14 nitrogen and oxygen atoms in total. The number of fused-ring (bicyclic) bond motifs is 1. The summed E-state index contributed by atoms with van der Waals surface area (Å²) < 4.78 is 54.2. The molecule has 0 aliphatic carbocycles. The van der Waals surface area contributed by atoms with Gasteiger partial charge >= 0.3 is 12.3 Å². The van der Waals surface area contributed by atoms with Crippen molar-refractivity contribution in [3.63, 3.8) is 0 Å². The molecule has 1 spiro atoms. The van der Waals surface area contributed by atoms with Crippen molar-refractivity contribution in [1.29, 1.82) is 0 Å². The molecule has 6 heterocycles. The number of likely N-dealkylation sites (tertiary alicyclic amines) is 2. The molecule has 46 heavy (non-hydrogen) atoms. The fraction of sp³-hybridized carbons (Fsp3) is 0.448. The van der Waals surface area contributed by atoms with Gasteiger partial charge in [-0.05, 0) is 23.8 Å². The lowest BCUT2D eigenvalue weighted by Gasteiger charge is -2.60. The van der Waals surface area contributed by atoms with Gasteiger partial charge in [0.25, 0.3) is 0 Å². The Hall–Kier alpha value is -4.77. The molecule has 3 fully saturated rings. The minimum atomic E-state index is -4.79. The van der Waals surface area contributed by atoms with Crippen LogP contribution in [0.5, 0.6) is 0 Å². The van der Waals surface area contributed by atoms with Crippen LogP contribution in [0, 0.1) is 5.41 Å². The topological polar surface area (TPSA) is 147 Å². The van der Waals surface area contributed by atoms with Gasteiger partial charge in [-0.2, -0.15) is 13.2 Å². The van der Waals surface area contributed by atoms with Gasteiger partial charge in [-0.3, -0.25) is 19.8 Å². The first kappa shape index (κ1) is 31.2. The second kappa shape index (κ2) is 12.2. The van der Waals surface area contributed by atoms with E-state index in [-0.39, 0.29) is 35.1 Å². The van der Waals surface area contributed by atoms with Crippen molar-refractivity contribution in [2.45, 2.75) is 12.7 Å². The summed E-state index contributed by atoms with van der Waals surface area (Å²) in [6.07, 6.45) is -1.86. The minimum absolute atomic E-state index is 0.0130. The molecule has 0 aromatic carbocycles. The summed E-state index contributed by atoms with van der Waals surface area (Å²) in [5, 5.41) is 9.13. The van der Waals surface area contributed by atoms with E-state index in [9.17, 15) is 27.6 Å². The molecule has 3 aromatic rings. The Morgan fingerprint density at radius 3 is 2.57 bits per heavy atom. The fourth-order valence-corrected chi connectivity index (χ4v) is 6.10. The average molecular weight is 644 g/mol. The van der Waals surface area contributed by atoms with Crippen LogP contribution in [0.3, 0.4) is 0 Å². The number of anilines is 2. The van der Waals surface area contributed by atoms with Crippen molar-refractivity contribution in [2.24, 2.45) is 5.41 Å². The zero-order valence-corrected chi connectivity index (χ0v) is 25.0. The van der Waals surface area contributed by atoms with E-state index in [1.807, 2.05) is 11.0 Å². The van der Waals surface area contributed by atoms with Crippen molar-refractivity contribution in [3.05, 3.63) is 48.3 Å². The van der Waals surface area contributed by atoms with Gasteiger partial charge < -0.3 is 24.6 Å². The van der Waals surface area contributed by atoms with Gasteiger partial charge in [-0.15, -0.1) is 5.10 Å². The molecule has 6 rings (SSSR count). The molecule has 17 heteroatoms. The lowest BCUT2D eigenvalue weighted by atomic mass is 9.72. The van der Waals surface area contributed by atoms with E-state index in [1.54, 1.807) is 15.6 Å². The third kappa shape index (κ3) is 6.32. The minimum Gasteiger partial charge on any atom is -0.453 e. The van der Waals surface area contributed by atoms with E-state index in [0.29, 0.717) is 57.3 Å². The molecule has 0 saturated carbocycles. The summed E-state index contributed by atoms with van der Waals surface area (Å²) in [7, 11) is 1.09. The summed E-state index contributed by atoms with van der Waals surface area (Å²) in [5.74, 6) is -0.559. The van der Waals surface area contributed by atoms with Crippen LogP contribution in [0.1, 0.15) is 11.1 Å². The number of methoxy groups -OCH3 is 1. The number of nitrogens with zero attached hydrogens (tertiary/aromatic N) is 7. The number of rotatable bonds is 8. The molecule has 2 N–H and O–H groups in total. The number of amides is 3. The van der Waals surface area contributed by atoms with Crippen LogP contribution in [0.15, 0.2) is 37.2 Å². The molecule has 0 radical (unpaired) electrons. The quantitative estimate of drug-likeness (QED) is 0.348. The first-order valence-corrected chi connectivity index (χ1v) is 14.5. The zero-order valence-electron chi connectivity index (χ0n) is 25.0. The van der Waals surface area contributed by atoms with Crippen molar-refractivity contribution in [1.82, 2.24) is 34.7 Å². The number of nitrogens with one attached hydrogen (secondary N) is 2. The predicted molar refractivity (Wildman–Crippen MR) is 158 cm³/mol. The van der Waals surface area contributed by atoms with Crippen LogP contribution in [-0.2, 0) is 31.8 Å². The molecule has 3 aliphatic rings. The summed E-state index contributed by atoms with van der Waals surface area (Å²) in [6.45, 7) is 8.56. The zero-order chi connectivity index (χ0) is 32.6. The van der Waals surface area contributed by atoms with Crippen molar-refractivity contribution in [2.75, 3.05) is 76.4 Å². The van der Waals surface area contributed by atoms with Gasteiger partial charge in [0, 0.05) is 63.6 Å². The number of carbonyl (C=O) groups excluding carboxylic acids is 3. The number of carbonyl (C=O) groups is 3. The number of morpholine rings is 1. The number of hydrogen-bond acceptors (Lipinski definition) is 10. The molecule has 3 saturated heterocycles. The summed E-state index contributed by atoms with van der Waals surface area (Å²) >= 11 is 0. The Morgan fingerprint density at radius 2 is 1.89 bits per heavy atom. The maximum absolute atomic E-state index is 14.2. The third-order valence-corrected chi connectivity index (χ3v) is 8.21. The standard InChI is InChI=1S/C29H32F3N9O5/c1-3-23(42)34-11-24(43)40-16-28(17-40)14-38(15-28)12-18-8-21-26(39-4-6-46-7-5-39)36-25(37-41(21)13-18)19-10-33-22(35-27(44)45-2)9-20(19)29(30,31)32/h3,8-10,13H,1,4-7,11-12,14-17H2,2H3,(H,34,42)(H,33,35,44). The lowest BCUT2D eigenvalue weighted by Crippen LogP contribution is -2.73. The van der Waals surface area contributed by atoms with Crippen LogP contribution < -0.4 is 15.5 Å².